The number of aromatic nitrogens is 4. The molecule has 0 radical (unpaired) electrons. The van der Waals surface area contributed by atoms with E-state index in [1.807, 2.05) is 53.9 Å². The van der Waals surface area contributed by atoms with E-state index in [0.717, 1.165) is 41.3 Å². The van der Waals surface area contributed by atoms with Gasteiger partial charge in [-0.15, -0.1) is 21.5 Å². The van der Waals surface area contributed by atoms with E-state index in [4.69, 9.17) is 4.98 Å². The van der Waals surface area contributed by atoms with Crippen LogP contribution in [0.1, 0.15) is 31.9 Å². The fraction of sp³-hybridized carbons (Fsp3) is 0.280. The van der Waals surface area contributed by atoms with Crippen molar-refractivity contribution in [3.8, 4) is 5.69 Å². The molecule has 1 fully saturated rings. The highest BCUT2D eigenvalue weighted by Gasteiger charge is 2.22. The highest BCUT2D eigenvalue weighted by molar-refractivity contribution is 7.98. The summed E-state index contributed by atoms with van der Waals surface area (Å²) in [6.45, 7) is 3.57. The van der Waals surface area contributed by atoms with Gasteiger partial charge in [-0.05, 0) is 43.5 Å². The number of benzene rings is 2. The second-order valence-electron chi connectivity index (χ2n) is 8.10. The highest BCUT2D eigenvalue weighted by Crippen LogP contribution is 2.33. The van der Waals surface area contributed by atoms with Crippen LogP contribution in [0.25, 0.3) is 5.69 Å². The molecule has 9 heteroatoms. The van der Waals surface area contributed by atoms with Crippen molar-refractivity contribution in [2.24, 2.45) is 0 Å². The van der Waals surface area contributed by atoms with Gasteiger partial charge in [0.15, 0.2) is 10.3 Å². The molecule has 0 atom stereocenters. The van der Waals surface area contributed by atoms with Crippen LogP contribution in [0, 0.1) is 0 Å². The van der Waals surface area contributed by atoms with Crippen molar-refractivity contribution >= 4 is 45.8 Å². The van der Waals surface area contributed by atoms with Gasteiger partial charge in [-0.1, -0.05) is 48.2 Å². The Balaban J connectivity index is 1.38. The lowest BCUT2D eigenvalue weighted by molar-refractivity contribution is -0.115. The molecule has 174 valence electrons. The minimum atomic E-state index is -0.0604. The Morgan fingerprint density at radius 3 is 2.41 bits per heavy atom. The van der Waals surface area contributed by atoms with Crippen molar-refractivity contribution in [1.29, 1.82) is 0 Å². The number of hydrogen-bond donors (Lipinski definition) is 0. The Hall–Kier alpha value is -3.17. The van der Waals surface area contributed by atoms with Gasteiger partial charge in [-0.25, -0.2) is 4.98 Å². The first-order chi connectivity index (χ1) is 16.7. The van der Waals surface area contributed by atoms with Gasteiger partial charge in [-0.2, -0.15) is 0 Å². The summed E-state index contributed by atoms with van der Waals surface area (Å²) in [6, 6.07) is 19.9. The van der Waals surface area contributed by atoms with Crippen LogP contribution < -0.4 is 9.80 Å². The molecule has 7 nitrogen and oxygen atoms in total. The van der Waals surface area contributed by atoms with Gasteiger partial charge in [0.2, 0.25) is 11.9 Å². The zero-order valence-corrected chi connectivity index (χ0v) is 20.6. The minimum Gasteiger partial charge on any atom is -0.341 e. The SMILES string of the molecule is CC(=O)N(c1ccccc1)c1nc(CSc2nnc(N3CCCCC3)n2-c2ccccc2)cs1. The monoisotopic (exact) mass is 490 g/mol. The molecule has 3 heterocycles. The summed E-state index contributed by atoms with van der Waals surface area (Å²) < 4.78 is 2.15. The Morgan fingerprint density at radius 1 is 1.00 bits per heavy atom. The summed E-state index contributed by atoms with van der Waals surface area (Å²) in [5.74, 6) is 1.48. The molecule has 0 spiro atoms. The number of amides is 1. The molecule has 0 saturated carbocycles. The summed E-state index contributed by atoms with van der Waals surface area (Å²) >= 11 is 3.09. The standard InChI is InChI=1S/C25H26N6OS2/c1-19(32)30(21-11-5-2-6-12-21)24-26-20(17-33-24)18-34-25-28-27-23(29-15-9-4-10-16-29)31(25)22-13-7-3-8-14-22/h2-3,5-8,11-14,17H,4,9-10,15-16,18H2,1H3. The van der Waals surface area contributed by atoms with Crippen molar-refractivity contribution in [3.05, 3.63) is 71.7 Å². The fourth-order valence-electron chi connectivity index (χ4n) is 4.07. The number of carbonyl (C=O) groups is 1. The lowest BCUT2D eigenvalue weighted by atomic mass is 10.1. The molecule has 34 heavy (non-hydrogen) atoms. The third kappa shape index (κ3) is 4.85. The van der Waals surface area contributed by atoms with E-state index < -0.39 is 0 Å². The smallest absolute Gasteiger partial charge is 0.232 e. The Labute approximate surface area is 207 Å². The van der Waals surface area contributed by atoms with Crippen molar-refractivity contribution in [1.82, 2.24) is 19.7 Å². The summed E-state index contributed by atoms with van der Waals surface area (Å²) in [5, 5.41) is 12.6. The molecule has 0 unspecified atom stereocenters. The molecule has 4 aromatic rings. The topological polar surface area (TPSA) is 67.2 Å². The number of thioether (sulfide) groups is 1. The van der Waals surface area contributed by atoms with E-state index in [-0.39, 0.29) is 5.91 Å². The van der Waals surface area contributed by atoms with Crippen LogP contribution in [-0.4, -0.2) is 38.7 Å². The number of thiazole rings is 1. The van der Waals surface area contributed by atoms with Crippen LogP contribution in [0.4, 0.5) is 16.8 Å². The van der Waals surface area contributed by atoms with Crippen molar-refractivity contribution in [2.45, 2.75) is 37.1 Å². The maximum absolute atomic E-state index is 12.3. The van der Waals surface area contributed by atoms with Crippen LogP contribution in [0.5, 0.6) is 0 Å². The van der Waals surface area contributed by atoms with Crippen LogP contribution in [0.15, 0.2) is 71.2 Å². The second-order valence-corrected chi connectivity index (χ2v) is 9.88. The summed E-state index contributed by atoms with van der Waals surface area (Å²) in [4.78, 5) is 21.1. The number of hydrogen-bond acceptors (Lipinski definition) is 7. The number of rotatable bonds is 7. The van der Waals surface area contributed by atoms with Crippen LogP contribution in [-0.2, 0) is 10.5 Å². The normalized spacial score (nSPS) is 13.7. The molecule has 0 N–H and O–H groups in total. The Bertz CT molecular complexity index is 1230. The summed E-state index contributed by atoms with van der Waals surface area (Å²) in [7, 11) is 0. The van der Waals surface area contributed by atoms with Gasteiger partial charge in [0, 0.05) is 31.1 Å². The Kier molecular flexibility index (Phi) is 6.92. The molecule has 5 rings (SSSR count). The van der Waals surface area contributed by atoms with E-state index in [1.165, 1.54) is 30.6 Å². The number of para-hydroxylation sites is 2. The molecule has 2 aromatic heterocycles. The second kappa shape index (κ2) is 10.4. The average molecular weight is 491 g/mol. The van der Waals surface area contributed by atoms with Gasteiger partial charge in [0.25, 0.3) is 0 Å². The van der Waals surface area contributed by atoms with E-state index in [9.17, 15) is 4.79 Å². The molecule has 1 saturated heterocycles. The molecule has 0 bridgehead atoms. The number of piperidine rings is 1. The third-order valence-electron chi connectivity index (χ3n) is 5.68. The minimum absolute atomic E-state index is 0.0604. The summed E-state index contributed by atoms with van der Waals surface area (Å²) in [5.41, 5.74) is 2.79. The molecule has 1 aliphatic heterocycles. The molecule has 1 amide bonds. The quantitative estimate of drug-likeness (QED) is 0.310. The van der Waals surface area contributed by atoms with E-state index in [2.05, 4.69) is 31.8 Å². The predicted molar refractivity (Wildman–Crippen MR) is 138 cm³/mol. The number of carbonyl (C=O) groups excluding carboxylic acids is 1. The van der Waals surface area contributed by atoms with Crippen molar-refractivity contribution in [3.63, 3.8) is 0 Å². The van der Waals surface area contributed by atoms with E-state index >= 15 is 0 Å². The van der Waals surface area contributed by atoms with Crippen LogP contribution >= 0.6 is 23.1 Å². The zero-order valence-electron chi connectivity index (χ0n) is 19.0. The van der Waals surface area contributed by atoms with Gasteiger partial charge in [0.1, 0.15) is 0 Å². The average Bonchev–Trinajstić information content (AvgIpc) is 3.52. The van der Waals surface area contributed by atoms with E-state index in [1.54, 1.807) is 23.6 Å². The maximum Gasteiger partial charge on any atom is 0.232 e. The lowest BCUT2D eigenvalue weighted by Gasteiger charge is -2.27. The van der Waals surface area contributed by atoms with Crippen LogP contribution in [0.3, 0.4) is 0 Å². The van der Waals surface area contributed by atoms with Gasteiger partial charge in [-0.3, -0.25) is 14.3 Å². The molecule has 1 aliphatic rings. The largest absolute Gasteiger partial charge is 0.341 e. The highest BCUT2D eigenvalue weighted by atomic mass is 32.2. The van der Waals surface area contributed by atoms with E-state index in [0.29, 0.717) is 10.9 Å². The predicted octanol–water partition coefficient (Wildman–Crippen LogP) is 5.69. The molecule has 0 aliphatic carbocycles. The van der Waals surface area contributed by atoms with Gasteiger partial charge in [0.05, 0.1) is 17.1 Å². The molecular formula is C25H26N6OS2. The first-order valence-electron chi connectivity index (χ1n) is 11.4. The fourth-order valence-corrected chi connectivity index (χ4v) is 5.90. The third-order valence-corrected chi connectivity index (χ3v) is 7.52. The first kappa shape index (κ1) is 22.6. The molecule has 2 aromatic carbocycles. The van der Waals surface area contributed by atoms with Gasteiger partial charge >= 0.3 is 0 Å². The number of anilines is 3. The maximum atomic E-state index is 12.3. The van der Waals surface area contributed by atoms with Crippen molar-refractivity contribution in [2.75, 3.05) is 22.9 Å². The number of nitrogens with zero attached hydrogens (tertiary/aromatic N) is 6. The first-order valence-corrected chi connectivity index (χ1v) is 13.3. The van der Waals surface area contributed by atoms with Crippen molar-refractivity contribution < 1.29 is 4.79 Å². The Morgan fingerprint density at radius 2 is 1.71 bits per heavy atom. The van der Waals surface area contributed by atoms with Gasteiger partial charge < -0.3 is 4.90 Å². The van der Waals surface area contributed by atoms with Crippen LogP contribution in [0.2, 0.25) is 0 Å². The zero-order chi connectivity index (χ0) is 23.3. The lowest BCUT2D eigenvalue weighted by Crippen LogP contribution is -2.31. The molecular weight excluding hydrogens is 464 g/mol. The summed E-state index contributed by atoms with van der Waals surface area (Å²) in [6.07, 6.45) is 3.63.